The van der Waals surface area contributed by atoms with Gasteiger partial charge in [0.15, 0.2) is 0 Å². The number of rotatable bonds is 1. The van der Waals surface area contributed by atoms with Gasteiger partial charge in [-0.1, -0.05) is 23.4 Å². The average molecular weight is 209 g/mol. The Labute approximate surface area is 87.5 Å². The lowest BCUT2D eigenvalue weighted by Crippen LogP contribution is -1.81. The van der Waals surface area contributed by atoms with Gasteiger partial charge in [0.25, 0.3) is 0 Å². The number of hydrogen-bond acceptors (Lipinski definition) is 2. The minimum Gasteiger partial charge on any atom is -0.506 e. The van der Waals surface area contributed by atoms with E-state index in [9.17, 15) is 9.90 Å². The number of halogens is 1. The molecule has 1 N–H and O–H groups in total. The highest BCUT2D eigenvalue weighted by atomic mass is 35.5. The lowest BCUT2D eigenvalue weighted by Gasteiger charge is -2.01. The summed E-state index contributed by atoms with van der Waals surface area (Å²) in [4.78, 5) is 10.0. The Bertz CT molecular complexity index is 390. The first-order valence-electron chi connectivity index (χ1n) is 4.06. The molecule has 0 aliphatic heterocycles. The van der Waals surface area contributed by atoms with Crippen molar-refractivity contribution in [3.05, 3.63) is 28.3 Å². The highest BCUT2D eigenvalue weighted by Gasteiger charge is 2.02. The molecule has 1 rings (SSSR count). The molecular weight excluding hydrogens is 200 g/mol. The summed E-state index contributed by atoms with van der Waals surface area (Å²) < 4.78 is 0. The number of aromatic hydroxyl groups is 1. The molecule has 2 nitrogen and oxygen atoms in total. The normalized spacial score (nSPS) is 9.00. The number of carbonyl (C=O) groups is 1. The zero-order chi connectivity index (χ0) is 10.6. The maximum Gasteiger partial charge on any atom is 0.137 e. The van der Waals surface area contributed by atoms with Crippen LogP contribution in [0.25, 0.3) is 0 Å². The van der Waals surface area contributed by atoms with Gasteiger partial charge < -0.3 is 9.90 Å². The van der Waals surface area contributed by atoms with Crippen molar-refractivity contribution >= 4 is 17.9 Å². The molecule has 0 bridgehead atoms. The summed E-state index contributed by atoms with van der Waals surface area (Å²) in [6.07, 6.45) is 0.944. The van der Waals surface area contributed by atoms with Crippen molar-refractivity contribution in [1.82, 2.24) is 0 Å². The van der Waals surface area contributed by atoms with Gasteiger partial charge in [-0.2, -0.15) is 0 Å². The molecule has 0 atom stereocenters. The molecule has 0 aliphatic carbocycles. The van der Waals surface area contributed by atoms with Gasteiger partial charge in [-0.25, -0.2) is 0 Å². The Morgan fingerprint density at radius 3 is 2.86 bits per heavy atom. The van der Waals surface area contributed by atoms with Gasteiger partial charge in [0.2, 0.25) is 0 Å². The first-order valence-corrected chi connectivity index (χ1v) is 4.44. The zero-order valence-electron chi connectivity index (χ0n) is 7.67. The molecule has 0 aromatic heterocycles. The number of benzene rings is 1. The number of carbonyl (C=O) groups excluding carboxylic acids is 1. The minimum atomic E-state index is 0.0765. The summed E-state index contributed by atoms with van der Waals surface area (Å²) in [5.41, 5.74) is 1.38. The van der Waals surface area contributed by atoms with Gasteiger partial charge in [0.1, 0.15) is 12.0 Å². The van der Waals surface area contributed by atoms with Crippen molar-refractivity contribution < 1.29 is 9.90 Å². The predicted molar refractivity (Wildman–Crippen MR) is 55.4 cm³/mol. The number of hydrogen-bond donors (Lipinski definition) is 1. The molecule has 0 saturated carbocycles. The molecule has 0 unspecified atom stereocenters. The molecule has 3 heteroatoms. The molecule has 1 aromatic carbocycles. The van der Waals surface area contributed by atoms with Crippen molar-refractivity contribution in [2.75, 3.05) is 0 Å². The summed E-state index contributed by atoms with van der Waals surface area (Å²) in [6, 6.07) is 3.29. The van der Waals surface area contributed by atoms with Crippen LogP contribution in [0.4, 0.5) is 0 Å². The smallest absolute Gasteiger partial charge is 0.137 e. The van der Waals surface area contributed by atoms with Crippen LogP contribution < -0.4 is 0 Å². The second kappa shape index (κ2) is 4.69. The summed E-state index contributed by atoms with van der Waals surface area (Å²) >= 11 is 5.74. The predicted octanol–water partition coefficient (Wildman–Crippen LogP) is 2.29. The summed E-state index contributed by atoms with van der Waals surface area (Å²) in [7, 11) is 0. The number of phenolic OH excluding ortho intramolecular Hbond substituents is 1. The van der Waals surface area contributed by atoms with Crippen LogP contribution in [0.15, 0.2) is 12.1 Å². The van der Waals surface area contributed by atoms with Gasteiger partial charge in [0.05, 0.1) is 11.4 Å². The van der Waals surface area contributed by atoms with E-state index < -0.39 is 0 Å². The maximum absolute atomic E-state index is 10.0. The van der Waals surface area contributed by atoms with E-state index in [4.69, 9.17) is 11.6 Å². The van der Waals surface area contributed by atoms with E-state index in [1.54, 1.807) is 19.1 Å². The molecule has 0 fully saturated rings. The number of aryl methyl sites for hydroxylation is 1. The van der Waals surface area contributed by atoms with Crippen molar-refractivity contribution in [3.63, 3.8) is 0 Å². The third-order valence-corrected chi connectivity index (χ3v) is 1.96. The number of phenols is 1. The van der Waals surface area contributed by atoms with Crippen molar-refractivity contribution in [3.8, 4) is 17.6 Å². The summed E-state index contributed by atoms with van der Waals surface area (Å²) in [5.74, 6) is 5.52. The van der Waals surface area contributed by atoms with Crippen molar-refractivity contribution in [2.24, 2.45) is 0 Å². The molecule has 0 amide bonds. The van der Waals surface area contributed by atoms with E-state index in [2.05, 4.69) is 11.8 Å². The Hall–Kier alpha value is -1.46. The second-order valence-electron chi connectivity index (χ2n) is 2.80. The third-order valence-electron chi connectivity index (χ3n) is 1.67. The van der Waals surface area contributed by atoms with Crippen molar-refractivity contribution in [1.29, 1.82) is 0 Å². The van der Waals surface area contributed by atoms with E-state index in [-0.39, 0.29) is 17.2 Å². The first-order chi connectivity index (χ1) is 6.65. The standard InChI is InChI=1S/C11H9ClO2/c1-8-6-9(4-2-3-5-13)7-10(12)11(8)14/h5-7,14H,3H2,1H3. The first kappa shape index (κ1) is 10.6. The van der Waals surface area contributed by atoms with Crippen LogP contribution in [0.1, 0.15) is 17.5 Å². The van der Waals surface area contributed by atoms with E-state index in [1.807, 2.05) is 0 Å². The maximum atomic E-state index is 10.0. The van der Waals surface area contributed by atoms with Crippen molar-refractivity contribution in [2.45, 2.75) is 13.3 Å². The van der Waals surface area contributed by atoms with Crippen LogP contribution in [0.2, 0.25) is 5.02 Å². The second-order valence-corrected chi connectivity index (χ2v) is 3.20. The van der Waals surface area contributed by atoms with Gasteiger partial charge in [-0.15, -0.1) is 0 Å². The fourth-order valence-corrected chi connectivity index (χ4v) is 1.27. The summed E-state index contributed by atoms with van der Waals surface area (Å²) in [5, 5.41) is 9.64. The van der Waals surface area contributed by atoms with Crippen LogP contribution in [0, 0.1) is 18.8 Å². The lowest BCUT2D eigenvalue weighted by atomic mass is 10.1. The molecule has 0 heterocycles. The van der Waals surface area contributed by atoms with Crippen LogP contribution in [0.3, 0.4) is 0 Å². The van der Waals surface area contributed by atoms with Crippen LogP contribution in [0.5, 0.6) is 5.75 Å². The molecule has 0 saturated heterocycles. The van der Waals surface area contributed by atoms with Gasteiger partial charge in [-0.05, 0) is 24.6 Å². The summed E-state index contributed by atoms with van der Waals surface area (Å²) in [6.45, 7) is 1.74. The van der Waals surface area contributed by atoms with E-state index in [0.29, 0.717) is 11.1 Å². The highest BCUT2D eigenvalue weighted by Crippen LogP contribution is 2.27. The monoisotopic (exact) mass is 208 g/mol. The van der Waals surface area contributed by atoms with Gasteiger partial charge in [0, 0.05) is 5.56 Å². The van der Waals surface area contributed by atoms with Crippen LogP contribution in [-0.2, 0) is 4.79 Å². The molecule has 0 spiro atoms. The van der Waals surface area contributed by atoms with E-state index in [1.165, 1.54) is 0 Å². The molecule has 0 aliphatic rings. The molecule has 14 heavy (non-hydrogen) atoms. The Morgan fingerprint density at radius 1 is 1.57 bits per heavy atom. The van der Waals surface area contributed by atoms with Gasteiger partial charge >= 0.3 is 0 Å². The fraction of sp³-hybridized carbons (Fsp3) is 0.182. The highest BCUT2D eigenvalue weighted by molar-refractivity contribution is 6.32. The molecule has 0 radical (unpaired) electrons. The lowest BCUT2D eigenvalue weighted by molar-refractivity contribution is -0.107. The fourth-order valence-electron chi connectivity index (χ4n) is 1.00. The van der Waals surface area contributed by atoms with Gasteiger partial charge in [-0.3, -0.25) is 0 Å². The zero-order valence-corrected chi connectivity index (χ0v) is 8.43. The molecular formula is C11H9ClO2. The van der Waals surface area contributed by atoms with Crippen LogP contribution in [-0.4, -0.2) is 11.4 Å². The Morgan fingerprint density at radius 2 is 2.29 bits per heavy atom. The average Bonchev–Trinajstić information content (AvgIpc) is 2.14. The topological polar surface area (TPSA) is 37.3 Å². The van der Waals surface area contributed by atoms with Crippen LogP contribution >= 0.6 is 11.6 Å². The number of aldehydes is 1. The quantitative estimate of drug-likeness (QED) is 0.568. The molecule has 1 aromatic rings. The minimum absolute atomic E-state index is 0.0765. The molecule has 72 valence electrons. The third kappa shape index (κ3) is 2.51. The van der Waals surface area contributed by atoms with E-state index >= 15 is 0 Å². The van der Waals surface area contributed by atoms with E-state index in [0.717, 1.165) is 6.29 Å². The Kier molecular flexibility index (Phi) is 3.55. The largest absolute Gasteiger partial charge is 0.506 e. The Balaban J connectivity index is 3.02. The SMILES string of the molecule is Cc1cc(C#CCC=O)cc(Cl)c1O.